The molecule has 19 heavy (non-hydrogen) atoms. The fraction of sp³-hybridized carbons (Fsp3) is 0.571. The van der Waals surface area contributed by atoms with E-state index in [0.717, 1.165) is 6.54 Å². The highest BCUT2D eigenvalue weighted by atomic mass is 16.0. The molecule has 0 bridgehead atoms. The van der Waals surface area contributed by atoms with E-state index in [-0.39, 0.29) is 11.0 Å². The van der Waals surface area contributed by atoms with Gasteiger partial charge in [0, 0.05) is 38.8 Å². The molecule has 1 fully saturated rings. The lowest BCUT2D eigenvalue weighted by molar-refractivity contribution is 0.104. The van der Waals surface area contributed by atoms with Crippen LogP contribution in [0.15, 0.2) is 24.3 Å². The summed E-state index contributed by atoms with van der Waals surface area (Å²) in [4.78, 5) is 5.12. The maximum atomic E-state index is 2.56. The van der Waals surface area contributed by atoms with Gasteiger partial charge in [-0.05, 0) is 19.4 Å². The van der Waals surface area contributed by atoms with Crippen molar-refractivity contribution in [3.63, 3.8) is 0 Å². The predicted octanol–water partition coefficient (Wildman–Crippen LogP) is -1.18. The summed E-state index contributed by atoms with van der Waals surface area (Å²) < 4.78 is 0. The van der Waals surface area contributed by atoms with Gasteiger partial charge in [0.1, 0.15) is 7.85 Å². The smallest absolute Gasteiger partial charge is 0.139 e. The number of benzene rings is 1. The summed E-state index contributed by atoms with van der Waals surface area (Å²) in [5.74, 6) is 0. The van der Waals surface area contributed by atoms with E-state index in [0.29, 0.717) is 6.04 Å². The molecule has 1 aromatic rings. The van der Waals surface area contributed by atoms with Crippen molar-refractivity contribution in [2.45, 2.75) is 26.4 Å². The van der Waals surface area contributed by atoms with Gasteiger partial charge < -0.3 is 11.0 Å². The zero-order chi connectivity index (χ0) is 12.3. The van der Waals surface area contributed by atoms with Crippen molar-refractivity contribution in [2.75, 3.05) is 26.2 Å². The van der Waals surface area contributed by atoms with E-state index in [1.165, 1.54) is 37.2 Å². The highest BCUT2D eigenvalue weighted by molar-refractivity contribution is 6.32. The van der Waals surface area contributed by atoms with E-state index >= 15 is 0 Å². The maximum Gasteiger partial charge on any atom is 0.139 e. The molecule has 0 aliphatic carbocycles. The Morgan fingerprint density at radius 3 is 2.00 bits per heavy atom. The number of piperazine rings is 1. The minimum Gasteiger partial charge on any atom is -0.412 e. The Bertz CT molecular complexity index is 349. The first kappa shape index (κ1) is 18.1. The third-order valence-corrected chi connectivity index (χ3v) is 3.66. The van der Waals surface area contributed by atoms with Crippen molar-refractivity contribution in [3.05, 3.63) is 29.8 Å². The van der Waals surface area contributed by atoms with Gasteiger partial charge in [0.25, 0.3) is 0 Å². The zero-order valence-corrected chi connectivity index (χ0v) is 12.3. The molecule has 0 radical (unpaired) electrons. The number of hydrogen-bond acceptors (Lipinski definition) is 2. The van der Waals surface area contributed by atoms with Crippen LogP contribution in [0.4, 0.5) is 0 Å². The molecule has 1 aliphatic rings. The lowest BCUT2D eigenvalue weighted by atomic mass is 9.95. The first-order valence-electron chi connectivity index (χ1n) is 6.67. The summed E-state index contributed by atoms with van der Waals surface area (Å²) >= 11 is 0. The molecule has 5 heteroatoms. The van der Waals surface area contributed by atoms with Gasteiger partial charge in [0.15, 0.2) is 0 Å². The maximum absolute atomic E-state index is 2.56. The van der Waals surface area contributed by atoms with E-state index in [9.17, 15) is 0 Å². The molecule has 1 saturated heterocycles. The zero-order valence-electron chi connectivity index (χ0n) is 12.3. The van der Waals surface area contributed by atoms with Gasteiger partial charge in [-0.15, -0.1) is 0 Å². The average Bonchev–Trinajstić information content (AvgIpc) is 2.33. The number of rotatable bonds is 3. The fourth-order valence-electron chi connectivity index (χ4n) is 2.39. The van der Waals surface area contributed by atoms with Crippen LogP contribution in [-0.2, 0) is 6.54 Å². The van der Waals surface area contributed by atoms with Crippen molar-refractivity contribution in [1.29, 1.82) is 0 Å². The molecule has 0 spiro atoms. The SMILES string of the molecule is Bc1ccc(CN2CCN(C(C)C)CC2)cc1.O.O. The fourth-order valence-corrected chi connectivity index (χ4v) is 2.39. The van der Waals surface area contributed by atoms with E-state index < -0.39 is 0 Å². The lowest BCUT2D eigenvalue weighted by Crippen LogP contribution is -2.48. The molecule has 108 valence electrons. The van der Waals surface area contributed by atoms with Crippen LogP contribution in [0.25, 0.3) is 0 Å². The largest absolute Gasteiger partial charge is 0.412 e. The standard InChI is InChI=1S/C14H23BN2.2H2O/c1-12(2)17-9-7-16(8-10-17)11-13-3-5-14(15)6-4-13;;/h3-6,12H,7-11,15H2,1-2H3;2*1H2. The van der Waals surface area contributed by atoms with Crippen molar-refractivity contribution in [3.8, 4) is 0 Å². The van der Waals surface area contributed by atoms with Crippen molar-refractivity contribution in [1.82, 2.24) is 9.80 Å². The summed E-state index contributed by atoms with van der Waals surface area (Å²) in [5.41, 5.74) is 2.78. The van der Waals surface area contributed by atoms with Crippen molar-refractivity contribution in [2.24, 2.45) is 0 Å². The molecule has 1 aromatic carbocycles. The molecular weight excluding hydrogens is 239 g/mol. The summed E-state index contributed by atoms with van der Waals surface area (Å²) in [5, 5.41) is 0. The predicted molar refractivity (Wildman–Crippen MR) is 83.8 cm³/mol. The number of hydrogen-bond donors (Lipinski definition) is 0. The third-order valence-electron chi connectivity index (χ3n) is 3.66. The van der Waals surface area contributed by atoms with Crippen LogP contribution in [-0.4, -0.2) is 60.8 Å². The van der Waals surface area contributed by atoms with Crippen molar-refractivity contribution < 1.29 is 11.0 Å². The van der Waals surface area contributed by atoms with Crippen LogP contribution in [0.3, 0.4) is 0 Å². The van der Waals surface area contributed by atoms with Gasteiger partial charge in [-0.1, -0.05) is 29.7 Å². The Hall–Kier alpha value is -0.875. The Labute approximate surface area is 117 Å². The molecule has 0 atom stereocenters. The molecule has 1 heterocycles. The Morgan fingerprint density at radius 1 is 1.00 bits per heavy atom. The van der Waals surface area contributed by atoms with Gasteiger partial charge in [-0.3, -0.25) is 9.80 Å². The first-order chi connectivity index (χ1) is 8.15. The van der Waals surface area contributed by atoms with Crippen molar-refractivity contribution >= 4 is 13.3 Å². The van der Waals surface area contributed by atoms with Crippen LogP contribution < -0.4 is 5.46 Å². The van der Waals surface area contributed by atoms with Gasteiger partial charge >= 0.3 is 0 Å². The van der Waals surface area contributed by atoms with Crippen LogP contribution in [0.1, 0.15) is 19.4 Å². The molecule has 1 aliphatic heterocycles. The second-order valence-electron chi connectivity index (χ2n) is 5.39. The normalized spacial score (nSPS) is 16.8. The first-order valence-corrected chi connectivity index (χ1v) is 6.67. The van der Waals surface area contributed by atoms with Crippen LogP contribution in [0.2, 0.25) is 0 Å². The van der Waals surface area contributed by atoms with Gasteiger partial charge in [-0.25, -0.2) is 0 Å². The average molecular weight is 266 g/mol. The minimum atomic E-state index is 0. The highest BCUT2D eigenvalue weighted by Gasteiger charge is 2.18. The van der Waals surface area contributed by atoms with E-state index in [4.69, 9.17) is 0 Å². The monoisotopic (exact) mass is 266 g/mol. The van der Waals surface area contributed by atoms with E-state index in [1.54, 1.807) is 0 Å². The van der Waals surface area contributed by atoms with E-state index in [2.05, 4.69) is 55.8 Å². The van der Waals surface area contributed by atoms with E-state index in [1.807, 2.05) is 0 Å². The summed E-state index contributed by atoms with van der Waals surface area (Å²) in [6, 6.07) is 9.62. The second kappa shape index (κ2) is 8.33. The minimum absolute atomic E-state index is 0. The second-order valence-corrected chi connectivity index (χ2v) is 5.39. The summed E-state index contributed by atoms with van der Waals surface area (Å²) in [6.07, 6.45) is 0. The molecule has 4 N–H and O–H groups in total. The molecule has 4 nitrogen and oxygen atoms in total. The highest BCUT2D eigenvalue weighted by Crippen LogP contribution is 2.09. The third kappa shape index (κ3) is 5.32. The molecule has 2 rings (SSSR count). The quantitative estimate of drug-likeness (QED) is 0.646. The topological polar surface area (TPSA) is 69.5 Å². The molecular formula is C14H27BN2O2. The Balaban J connectivity index is 0.00000162. The lowest BCUT2D eigenvalue weighted by Gasteiger charge is -2.36. The van der Waals surface area contributed by atoms with Crippen LogP contribution >= 0.6 is 0 Å². The van der Waals surface area contributed by atoms with Gasteiger partial charge in [0.05, 0.1) is 0 Å². The number of nitrogens with zero attached hydrogens (tertiary/aromatic N) is 2. The molecule has 0 aromatic heterocycles. The van der Waals surface area contributed by atoms with Gasteiger partial charge in [-0.2, -0.15) is 0 Å². The molecule has 0 unspecified atom stereocenters. The Kier molecular flexibility index (Phi) is 7.94. The summed E-state index contributed by atoms with van der Waals surface area (Å²) in [7, 11) is 2.14. The Morgan fingerprint density at radius 2 is 1.53 bits per heavy atom. The summed E-state index contributed by atoms with van der Waals surface area (Å²) in [6.45, 7) is 10.5. The molecule has 0 saturated carbocycles. The van der Waals surface area contributed by atoms with Crippen LogP contribution in [0, 0.1) is 0 Å². The van der Waals surface area contributed by atoms with Crippen LogP contribution in [0.5, 0.6) is 0 Å². The van der Waals surface area contributed by atoms with Gasteiger partial charge in [0.2, 0.25) is 0 Å². The molecule has 0 amide bonds.